The largest absolute Gasteiger partial charge is 0.497 e. The van der Waals surface area contributed by atoms with E-state index in [1.54, 1.807) is 37.6 Å². The lowest BCUT2D eigenvalue weighted by molar-refractivity contribution is 0.245. The Balaban J connectivity index is 1.65. The fourth-order valence-corrected chi connectivity index (χ4v) is 3.20. The van der Waals surface area contributed by atoms with Crippen LogP contribution in [0.3, 0.4) is 0 Å². The van der Waals surface area contributed by atoms with Crippen LogP contribution in [0.5, 0.6) is 17.4 Å². The summed E-state index contributed by atoms with van der Waals surface area (Å²) in [5, 5.41) is 6.39. The van der Waals surface area contributed by atoms with Gasteiger partial charge in [0.25, 0.3) is 0 Å². The van der Waals surface area contributed by atoms with E-state index in [4.69, 9.17) is 21.1 Å². The van der Waals surface area contributed by atoms with Gasteiger partial charge in [-0.25, -0.2) is 9.78 Å². The van der Waals surface area contributed by atoms with Crippen molar-refractivity contribution in [3.05, 3.63) is 77.2 Å². The molecule has 1 fully saturated rings. The molecule has 0 radical (unpaired) electrons. The third kappa shape index (κ3) is 3.44. The molecule has 1 unspecified atom stereocenters. The van der Waals surface area contributed by atoms with Gasteiger partial charge in [0.2, 0.25) is 5.88 Å². The number of nitrogens with zero attached hydrogens (tertiary/aromatic N) is 2. The average molecular weight is 397 g/mol. The van der Waals surface area contributed by atoms with Gasteiger partial charge in [-0.2, -0.15) is 0 Å². The number of halogens is 1. The fourth-order valence-electron chi connectivity index (χ4n) is 3.07. The van der Waals surface area contributed by atoms with Gasteiger partial charge in [0.05, 0.1) is 31.7 Å². The third-order valence-corrected chi connectivity index (χ3v) is 4.76. The maximum atomic E-state index is 12.0. The van der Waals surface area contributed by atoms with Gasteiger partial charge in [-0.05, 0) is 42.0 Å². The topological polar surface area (TPSA) is 85.4 Å². The number of amides is 2. The zero-order chi connectivity index (χ0) is 19.6. The van der Waals surface area contributed by atoms with Gasteiger partial charge in [0.15, 0.2) is 0 Å². The first-order chi connectivity index (χ1) is 13.6. The molecule has 1 saturated heterocycles. The van der Waals surface area contributed by atoms with Gasteiger partial charge in [-0.3, -0.25) is 4.98 Å². The molecular formula is C20H17ClN4O3. The van der Waals surface area contributed by atoms with Crippen LogP contribution >= 0.6 is 11.6 Å². The van der Waals surface area contributed by atoms with Gasteiger partial charge in [0, 0.05) is 5.02 Å². The lowest BCUT2D eigenvalue weighted by Crippen LogP contribution is -2.42. The second-order valence-electron chi connectivity index (χ2n) is 6.24. The second kappa shape index (κ2) is 7.36. The standard InChI is InChI=1S/C20H17ClN4O3/c1-27-16-4-2-3-13(9-16)20(12-24-19(26)25-20)17-10-23-18(11-22-17)28-15-7-5-14(21)6-8-15/h2-11H,12H2,1H3,(H2,24,25,26). The van der Waals surface area contributed by atoms with Crippen molar-refractivity contribution in [2.45, 2.75) is 5.54 Å². The number of nitrogens with one attached hydrogen (secondary N) is 2. The van der Waals surface area contributed by atoms with Crippen molar-refractivity contribution in [2.75, 3.05) is 13.7 Å². The van der Waals surface area contributed by atoms with E-state index in [-0.39, 0.29) is 6.03 Å². The van der Waals surface area contributed by atoms with Crippen LogP contribution in [0, 0.1) is 0 Å². The Morgan fingerprint density at radius 2 is 1.89 bits per heavy atom. The van der Waals surface area contributed by atoms with Gasteiger partial charge in [-0.1, -0.05) is 23.7 Å². The zero-order valence-electron chi connectivity index (χ0n) is 15.0. The lowest BCUT2D eigenvalue weighted by Gasteiger charge is -2.28. The molecule has 0 saturated carbocycles. The van der Waals surface area contributed by atoms with E-state index in [1.165, 1.54) is 6.20 Å². The molecule has 0 bridgehead atoms. The summed E-state index contributed by atoms with van der Waals surface area (Å²) in [7, 11) is 1.60. The van der Waals surface area contributed by atoms with E-state index < -0.39 is 5.54 Å². The normalized spacial score (nSPS) is 18.3. The molecule has 0 aliphatic carbocycles. The Kier molecular flexibility index (Phi) is 4.75. The molecule has 1 aliphatic heterocycles. The Bertz CT molecular complexity index is 995. The summed E-state index contributed by atoms with van der Waals surface area (Å²) in [4.78, 5) is 20.8. The summed E-state index contributed by atoms with van der Waals surface area (Å²) < 4.78 is 11.0. The van der Waals surface area contributed by atoms with Gasteiger partial charge >= 0.3 is 6.03 Å². The summed E-state index contributed by atoms with van der Waals surface area (Å²) in [6.07, 6.45) is 3.12. The minimum absolute atomic E-state index is 0.272. The number of hydrogen-bond donors (Lipinski definition) is 2. The molecule has 1 atom stereocenters. The fraction of sp³-hybridized carbons (Fsp3) is 0.150. The highest BCUT2D eigenvalue weighted by Crippen LogP contribution is 2.32. The summed E-state index contributed by atoms with van der Waals surface area (Å²) in [5.74, 6) is 1.63. The summed E-state index contributed by atoms with van der Waals surface area (Å²) >= 11 is 5.88. The van der Waals surface area contributed by atoms with Gasteiger partial charge in [-0.15, -0.1) is 0 Å². The molecule has 2 N–H and O–H groups in total. The molecule has 4 rings (SSSR count). The van der Waals surface area contributed by atoms with Crippen LogP contribution in [0.1, 0.15) is 11.3 Å². The quantitative estimate of drug-likeness (QED) is 0.689. The van der Waals surface area contributed by atoms with E-state index in [1.807, 2.05) is 24.3 Å². The number of carbonyl (C=O) groups is 1. The van der Waals surface area contributed by atoms with Crippen molar-refractivity contribution in [1.82, 2.24) is 20.6 Å². The maximum absolute atomic E-state index is 12.0. The SMILES string of the molecule is COc1cccc(C2(c3cnc(Oc4ccc(Cl)cc4)cn3)CNC(=O)N2)c1. The predicted octanol–water partition coefficient (Wildman–Crippen LogP) is 3.49. The monoisotopic (exact) mass is 396 g/mol. The highest BCUT2D eigenvalue weighted by atomic mass is 35.5. The van der Waals surface area contributed by atoms with Gasteiger partial charge < -0.3 is 20.1 Å². The molecule has 2 heterocycles. The third-order valence-electron chi connectivity index (χ3n) is 4.51. The number of methoxy groups -OCH3 is 1. The van der Waals surface area contributed by atoms with Crippen LogP contribution in [0.15, 0.2) is 60.9 Å². The molecular weight excluding hydrogens is 380 g/mol. The molecule has 0 spiro atoms. The first-order valence-electron chi connectivity index (χ1n) is 8.55. The minimum Gasteiger partial charge on any atom is -0.497 e. The van der Waals surface area contributed by atoms with Crippen molar-refractivity contribution in [2.24, 2.45) is 0 Å². The molecule has 8 heteroatoms. The number of benzene rings is 2. The molecule has 28 heavy (non-hydrogen) atoms. The smallest absolute Gasteiger partial charge is 0.315 e. The highest BCUT2D eigenvalue weighted by molar-refractivity contribution is 6.30. The summed E-state index contributed by atoms with van der Waals surface area (Å²) in [6.45, 7) is 0.338. The van der Waals surface area contributed by atoms with Crippen molar-refractivity contribution >= 4 is 17.6 Å². The molecule has 2 amide bonds. The average Bonchev–Trinajstić information content (AvgIpc) is 3.13. The Morgan fingerprint density at radius 1 is 1.07 bits per heavy atom. The van der Waals surface area contributed by atoms with E-state index in [9.17, 15) is 4.79 Å². The zero-order valence-corrected chi connectivity index (χ0v) is 15.7. The molecule has 1 aromatic heterocycles. The van der Waals surface area contributed by atoms with Crippen LogP contribution in [0.2, 0.25) is 5.02 Å². The Labute approximate surface area is 166 Å². The van der Waals surface area contributed by atoms with Crippen LogP contribution in [0.25, 0.3) is 0 Å². The Morgan fingerprint density at radius 3 is 2.54 bits per heavy atom. The highest BCUT2D eigenvalue weighted by Gasteiger charge is 2.42. The Hall–Kier alpha value is -3.32. The number of aromatic nitrogens is 2. The number of rotatable bonds is 5. The van der Waals surface area contributed by atoms with E-state index in [0.717, 1.165) is 5.56 Å². The number of ether oxygens (including phenoxy) is 2. The van der Waals surface area contributed by atoms with E-state index >= 15 is 0 Å². The number of hydrogen-bond acceptors (Lipinski definition) is 5. The number of carbonyl (C=O) groups excluding carboxylic acids is 1. The number of urea groups is 1. The molecule has 142 valence electrons. The predicted molar refractivity (Wildman–Crippen MR) is 104 cm³/mol. The maximum Gasteiger partial charge on any atom is 0.315 e. The molecule has 2 aromatic carbocycles. The molecule has 3 aromatic rings. The first-order valence-corrected chi connectivity index (χ1v) is 8.93. The van der Waals surface area contributed by atoms with E-state index in [2.05, 4.69) is 20.6 Å². The van der Waals surface area contributed by atoms with E-state index in [0.29, 0.717) is 34.6 Å². The second-order valence-corrected chi connectivity index (χ2v) is 6.68. The van der Waals surface area contributed by atoms with Crippen LogP contribution < -0.4 is 20.1 Å². The van der Waals surface area contributed by atoms with Crippen molar-refractivity contribution in [3.63, 3.8) is 0 Å². The van der Waals surface area contributed by atoms with Crippen LogP contribution in [-0.2, 0) is 5.54 Å². The molecule has 7 nitrogen and oxygen atoms in total. The summed E-state index contributed by atoms with van der Waals surface area (Å²) in [6, 6.07) is 14.2. The van der Waals surface area contributed by atoms with Crippen LogP contribution in [-0.4, -0.2) is 29.7 Å². The van der Waals surface area contributed by atoms with Crippen LogP contribution in [0.4, 0.5) is 4.79 Å². The summed E-state index contributed by atoms with van der Waals surface area (Å²) in [5.41, 5.74) is 0.575. The van der Waals surface area contributed by atoms with Crippen molar-refractivity contribution in [3.8, 4) is 17.4 Å². The lowest BCUT2D eigenvalue weighted by atomic mass is 9.87. The van der Waals surface area contributed by atoms with Gasteiger partial charge in [0.1, 0.15) is 17.0 Å². The minimum atomic E-state index is -0.850. The van der Waals surface area contributed by atoms with Crippen molar-refractivity contribution < 1.29 is 14.3 Å². The first kappa shape index (κ1) is 18.1. The van der Waals surface area contributed by atoms with Crippen molar-refractivity contribution in [1.29, 1.82) is 0 Å². The molecule has 1 aliphatic rings.